The molecule has 0 amide bonds. The largest absolute Gasteiger partial charge is 0.311 e. The van der Waals surface area contributed by atoms with Gasteiger partial charge in [-0.15, -0.1) is 0 Å². The van der Waals surface area contributed by atoms with Crippen molar-refractivity contribution < 1.29 is 26.7 Å². The summed E-state index contributed by atoms with van der Waals surface area (Å²) >= 11 is 0.665. The zero-order valence-electron chi connectivity index (χ0n) is 10.4. The molecule has 0 N–H and O–H groups in total. The maximum Gasteiger partial charge on any atom is 0.311 e. The summed E-state index contributed by atoms with van der Waals surface area (Å²) in [5.41, 5.74) is 0.367. The molecule has 1 aromatic carbocycles. The van der Waals surface area contributed by atoms with Crippen LogP contribution in [0.4, 0.5) is 22.0 Å². The Morgan fingerprint density at radius 3 is 2.30 bits per heavy atom. The van der Waals surface area contributed by atoms with Gasteiger partial charge in [-0.05, 0) is 6.42 Å². The van der Waals surface area contributed by atoms with Gasteiger partial charge in [-0.3, -0.25) is 4.79 Å². The van der Waals surface area contributed by atoms with Crippen LogP contribution in [0.3, 0.4) is 0 Å². The highest BCUT2D eigenvalue weighted by atomic mass is 32.2. The summed E-state index contributed by atoms with van der Waals surface area (Å²) in [6.07, 6.45) is -6.70. The van der Waals surface area contributed by atoms with Crippen LogP contribution in [0.1, 0.15) is 16.8 Å². The van der Waals surface area contributed by atoms with Gasteiger partial charge in [-0.1, -0.05) is 42.1 Å². The van der Waals surface area contributed by atoms with Gasteiger partial charge < -0.3 is 0 Å². The highest BCUT2D eigenvalue weighted by Gasteiger charge is 2.48. The normalized spacial score (nSPS) is 14.8. The molecule has 0 saturated carbocycles. The average Bonchev–Trinajstić information content (AvgIpc) is 2.46. The number of hydrogen-bond donors (Lipinski definition) is 0. The SMILES string of the molecule is O=C(SCCC(F)C(F)(F)C(F)CF)c1ccccc1. The molecule has 0 aliphatic heterocycles. The lowest BCUT2D eigenvalue weighted by atomic mass is 10.1. The van der Waals surface area contributed by atoms with Gasteiger partial charge in [0.05, 0.1) is 0 Å². The van der Waals surface area contributed by atoms with E-state index < -0.39 is 31.4 Å². The van der Waals surface area contributed by atoms with E-state index >= 15 is 0 Å². The van der Waals surface area contributed by atoms with E-state index in [4.69, 9.17) is 0 Å². The third-order valence-corrected chi connectivity index (χ3v) is 3.52. The van der Waals surface area contributed by atoms with Crippen molar-refractivity contribution in [3.8, 4) is 0 Å². The number of carbonyl (C=O) groups excluding carboxylic acids is 1. The molecule has 7 heteroatoms. The average molecular weight is 312 g/mol. The highest BCUT2D eigenvalue weighted by molar-refractivity contribution is 8.14. The molecule has 0 bridgehead atoms. The van der Waals surface area contributed by atoms with Gasteiger partial charge in [-0.25, -0.2) is 22.0 Å². The number of alkyl halides is 5. The van der Waals surface area contributed by atoms with Gasteiger partial charge in [0.1, 0.15) is 6.67 Å². The molecule has 2 atom stereocenters. The van der Waals surface area contributed by atoms with Gasteiger partial charge in [0.25, 0.3) is 0 Å². The van der Waals surface area contributed by atoms with Crippen LogP contribution in [0.15, 0.2) is 30.3 Å². The summed E-state index contributed by atoms with van der Waals surface area (Å²) in [6.45, 7) is -1.94. The first-order valence-corrected chi connectivity index (χ1v) is 6.82. The molecule has 112 valence electrons. The van der Waals surface area contributed by atoms with Crippen molar-refractivity contribution in [2.75, 3.05) is 12.4 Å². The van der Waals surface area contributed by atoms with Crippen molar-refractivity contribution in [1.82, 2.24) is 0 Å². The number of rotatable bonds is 7. The van der Waals surface area contributed by atoms with Crippen LogP contribution in [-0.2, 0) is 0 Å². The number of thioether (sulfide) groups is 1. The standard InChI is InChI=1S/C13H13F5OS/c14-8-11(16)13(17,18)10(15)6-7-20-12(19)9-4-2-1-3-5-9/h1-5,10-11H,6-8H2. The Morgan fingerprint density at radius 1 is 1.15 bits per heavy atom. The second-order valence-electron chi connectivity index (χ2n) is 4.05. The Kier molecular flexibility index (Phi) is 6.45. The van der Waals surface area contributed by atoms with Crippen LogP contribution in [0.25, 0.3) is 0 Å². The molecule has 2 unspecified atom stereocenters. The molecule has 0 saturated heterocycles. The lowest BCUT2D eigenvalue weighted by Gasteiger charge is -2.22. The fraction of sp³-hybridized carbons (Fsp3) is 0.462. The van der Waals surface area contributed by atoms with Gasteiger partial charge in [0.15, 0.2) is 12.3 Å². The van der Waals surface area contributed by atoms with Crippen LogP contribution in [0, 0.1) is 0 Å². The van der Waals surface area contributed by atoms with Crippen LogP contribution < -0.4 is 0 Å². The second kappa shape index (κ2) is 7.61. The fourth-order valence-corrected chi connectivity index (χ4v) is 2.22. The molecule has 0 aliphatic rings. The van der Waals surface area contributed by atoms with Crippen LogP contribution in [-0.4, -0.2) is 35.8 Å². The molecule has 0 aromatic heterocycles. The summed E-state index contributed by atoms with van der Waals surface area (Å²) in [6, 6.07) is 8.05. The minimum absolute atomic E-state index is 0.233. The first-order chi connectivity index (χ1) is 9.39. The zero-order valence-corrected chi connectivity index (χ0v) is 11.2. The molecule has 1 nitrogen and oxygen atoms in total. The second-order valence-corrected chi connectivity index (χ2v) is 5.12. The van der Waals surface area contributed by atoms with E-state index in [-0.39, 0.29) is 10.9 Å². The van der Waals surface area contributed by atoms with E-state index in [0.717, 1.165) is 0 Å². The minimum atomic E-state index is -4.37. The molecule has 0 spiro atoms. The minimum Gasteiger partial charge on any atom is -0.282 e. The van der Waals surface area contributed by atoms with Crippen molar-refractivity contribution in [2.45, 2.75) is 24.7 Å². The van der Waals surface area contributed by atoms with Gasteiger partial charge >= 0.3 is 5.92 Å². The van der Waals surface area contributed by atoms with Crippen LogP contribution >= 0.6 is 11.8 Å². The molecule has 1 aromatic rings. The Balaban J connectivity index is 2.43. The molecule has 20 heavy (non-hydrogen) atoms. The first-order valence-electron chi connectivity index (χ1n) is 5.83. The van der Waals surface area contributed by atoms with E-state index in [9.17, 15) is 26.7 Å². The smallest absolute Gasteiger partial charge is 0.282 e. The van der Waals surface area contributed by atoms with Crippen molar-refractivity contribution in [1.29, 1.82) is 0 Å². The predicted octanol–water partition coefficient (Wildman–Crippen LogP) is 4.23. The van der Waals surface area contributed by atoms with Crippen molar-refractivity contribution in [3.05, 3.63) is 35.9 Å². The molecular formula is C13H13F5OS. The fourth-order valence-electron chi connectivity index (χ4n) is 1.40. The Labute approximate surface area is 117 Å². The van der Waals surface area contributed by atoms with Crippen molar-refractivity contribution in [3.63, 3.8) is 0 Å². The van der Waals surface area contributed by atoms with Gasteiger partial charge in [-0.2, -0.15) is 0 Å². The Bertz CT molecular complexity index is 426. The third kappa shape index (κ3) is 4.47. The lowest BCUT2D eigenvalue weighted by molar-refractivity contribution is -0.132. The molecule has 0 fully saturated rings. The van der Waals surface area contributed by atoms with E-state index in [2.05, 4.69) is 0 Å². The van der Waals surface area contributed by atoms with Gasteiger partial charge in [0.2, 0.25) is 5.12 Å². The van der Waals surface area contributed by atoms with E-state index in [0.29, 0.717) is 17.3 Å². The number of benzene rings is 1. The summed E-state index contributed by atoms with van der Waals surface area (Å²) in [5.74, 6) is -4.60. The van der Waals surface area contributed by atoms with Crippen LogP contribution in [0.5, 0.6) is 0 Å². The monoisotopic (exact) mass is 312 g/mol. The summed E-state index contributed by atoms with van der Waals surface area (Å²) in [7, 11) is 0. The van der Waals surface area contributed by atoms with Crippen molar-refractivity contribution >= 4 is 16.9 Å². The van der Waals surface area contributed by atoms with Crippen LogP contribution in [0.2, 0.25) is 0 Å². The Hall–Kier alpha value is -1.11. The number of hydrogen-bond acceptors (Lipinski definition) is 2. The summed E-state index contributed by atoms with van der Waals surface area (Å²) in [4.78, 5) is 11.6. The summed E-state index contributed by atoms with van der Waals surface area (Å²) in [5, 5.41) is -0.386. The summed E-state index contributed by atoms with van der Waals surface area (Å²) < 4.78 is 63.5. The molecule has 0 aliphatic carbocycles. The third-order valence-electron chi connectivity index (χ3n) is 2.58. The molecule has 0 heterocycles. The number of halogens is 5. The predicted molar refractivity (Wildman–Crippen MR) is 68.6 cm³/mol. The molecular weight excluding hydrogens is 299 g/mol. The number of carbonyl (C=O) groups is 1. The topological polar surface area (TPSA) is 17.1 Å². The Morgan fingerprint density at radius 2 is 1.75 bits per heavy atom. The molecule has 1 rings (SSSR count). The van der Waals surface area contributed by atoms with E-state index in [1.807, 2.05) is 0 Å². The first kappa shape index (κ1) is 16.9. The highest BCUT2D eigenvalue weighted by Crippen LogP contribution is 2.31. The maximum atomic E-state index is 13.2. The maximum absolute atomic E-state index is 13.2. The quantitative estimate of drug-likeness (QED) is 0.701. The van der Waals surface area contributed by atoms with E-state index in [1.54, 1.807) is 18.2 Å². The lowest BCUT2D eigenvalue weighted by Crippen LogP contribution is -2.41. The van der Waals surface area contributed by atoms with Gasteiger partial charge in [0, 0.05) is 11.3 Å². The van der Waals surface area contributed by atoms with E-state index in [1.165, 1.54) is 12.1 Å². The zero-order chi connectivity index (χ0) is 15.2. The molecule has 0 radical (unpaired) electrons. The van der Waals surface area contributed by atoms with Crippen molar-refractivity contribution in [2.24, 2.45) is 0 Å².